The van der Waals surface area contributed by atoms with Gasteiger partial charge in [-0.2, -0.15) is 0 Å². The standard InChI is InChI=1S/C13H18BrNO4S/c1-10(13(16)15-6-7-19-2)20(17,18)9-11-4-3-5-12(14)8-11/h3-5,8,10H,6-7,9H2,1-2H3,(H,15,16). The fourth-order valence-corrected chi connectivity index (χ4v) is 3.32. The predicted octanol–water partition coefficient (Wildman–Crippen LogP) is 1.51. The van der Waals surface area contributed by atoms with Gasteiger partial charge in [-0.15, -0.1) is 0 Å². The minimum absolute atomic E-state index is 0.161. The average molecular weight is 364 g/mol. The highest BCUT2D eigenvalue weighted by Crippen LogP contribution is 2.16. The van der Waals surface area contributed by atoms with Gasteiger partial charge in [-0.25, -0.2) is 8.42 Å². The van der Waals surface area contributed by atoms with Crippen molar-refractivity contribution in [3.63, 3.8) is 0 Å². The Morgan fingerprint density at radius 1 is 1.45 bits per heavy atom. The third kappa shape index (κ3) is 5.22. The third-order valence-corrected chi connectivity index (χ3v) is 5.29. The highest BCUT2D eigenvalue weighted by atomic mass is 79.9. The minimum atomic E-state index is -3.54. The molecule has 0 saturated heterocycles. The van der Waals surface area contributed by atoms with Crippen LogP contribution in [0.3, 0.4) is 0 Å². The van der Waals surface area contributed by atoms with Gasteiger partial charge in [0.05, 0.1) is 12.4 Å². The van der Waals surface area contributed by atoms with Crippen LogP contribution in [0.15, 0.2) is 28.7 Å². The molecule has 5 nitrogen and oxygen atoms in total. The molecule has 1 aromatic rings. The van der Waals surface area contributed by atoms with E-state index in [9.17, 15) is 13.2 Å². The molecule has 112 valence electrons. The van der Waals surface area contributed by atoms with E-state index in [1.54, 1.807) is 18.2 Å². The summed E-state index contributed by atoms with van der Waals surface area (Å²) in [5.74, 6) is -0.664. The van der Waals surface area contributed by atoms with E-state index in [0.29, 0.717) is 18.7 Å². The molecular weight excluding hydrogens is 346 g/mol. The molecule has 1 unspecified atom stereocenters. The number of carbonyl (C=O) groups excluding carboxylic acids is 1. The topological polar surface area (TPSA) is 72.5 Å². The van der Waals surface area contributed by atoms with Crippen molar-refractivity contribution >= 4 is 31.7 Å². The predicted molar refractivity (Wildman–Crippen MR) is 81.1 cm³/mol. The lowest BCUT2D eigenvalue weighted by molar-refractivity contribution is -0.120. The van der Waals surface area contributed by atoms with Gasteiger partial charge in [0.15, 0.2) is 9.84 Å². The Morgan fingerprint density at radius 3 is 2.75 bits per heavy atom. The molecular formula is C13H18BrNO4S. The summed E-state index contributed by atoms with van der Waals surface area (Å²) in [5, 5.41) is 1.45. The number of methoxy groups -OCH3 is 1. The Morgan fingerprint density at radius 2 is 2.15 bits per heavy atom. The molecule has 0 aliphatic rings. The second-order valence-electron chi connectivity index (χ2n) is 4.36. The number of carbonyl (C=O) groups is 1. The van der Waals surface area contributed by atoms with E-state index in [-0.39, 0.29) is 5.75 Å². The van der Waals surface area contributed by atoms with Crippen molar-refractivity contribution in [1.82, 2.24) is 5.32 Å². The van der Waals surface area contributed by atoms with Crippen LogP contribution < -0.4 is 5.32 Å². The van der Waals surface area contributed by atoms with Crippen molar-refractivity contribution in [2.75, 3.05) is 20.3 Å². The number of halogens is 1. The zero-order valence-corrected chi connectivity index (χ0v) is 13.8. The summed E-state index contributed by atoms with van der Waals surface area (Å²) < 4.78 is 30.0. The maximum Gasteiger partial charge on any atom is 0.238 e. The molecule has 1 atom stereocenters. The van der Waals surface area contributed by atoms with E-state index in [4.69, 9.17) is 4.74 Å². The number of nitrogens with one attached hydrogen (secondary N) is 1. The SMILES string of the molecule is COCCNC(=O)C(C)S(=O)(=O)Cc1cccc(Br)c1. The van der Waals surface area contributed by atoms with Crippen LogP contribution in [0.25, 0.3) is 0 Å². The van der Waals surface area contributed by atoms with E-state index in [0.717, 1.165) is 4.47 Å². The normalized spacial score (nSPS) is 12.9. The molecule has 0 saturated carbocycles. The van der Waals surface area contributed by atoms with Crippen LogP contribution in [-0.4, -0.2) is 39.8 Å². The maximum absolute atomic E-state index is 12.2. The van der Waals surface area contributed by atoms with Crippen LogP contribution in [-0.2, 0) is 25.1 Å². The summed E-state index contributed by atoms with van der Waals surface area (Å²) in [6, 6.07) is 7.03. The van der Waals surface area contributed by atoms with Gasteiger partial charge in [0, 0.05) is 18.1 Å². The smallest absolute Gasteiger partial charge is 0.238 e. The Bertz CT molecular complexity index is 559. The second-order valence-corrected chi connectivity index (χ2v) is 7.60. The van der Waals surface area contributed by atoms with Crippen LogP contribution in [0.1, 0.15) is 12.5 Å². The Hall–Kier alpha value is -0.920. The lowest BCUT2D eigenvalue weighted by Gasteiger charge is -2.13. The highest BCUT2D eigenvalue weighted by Gasteiger charge is 2.27. The van der Waals surface area contributed by atoms with Gasteiger partial charge < -0.3 is 10.1 Å². The molecule has 0 spiro atoms. The van der Waals surface area contributed by atoms with Crippen LogP contribution in [0.4, 0.5) is 0 Å². The van der Waals surface area contributed by atoms with Crippen molar-refractivity contribution < 1.29 is 17.9 Å². The number of ether oxygens (including phenoxy) is 1. The fraction of sp³-hybridized carbons (Fsp3) is 0.462. The second kappa shape index (κ2) is 7.75. The number of benzene rings is 1. The van der Waals surface area contributed by atoms with Gasteiger partial charge in [0.25, 0.3) is 0 Å². The van der Waals surface area contributed by atoms with Crippen molar-refractivity contribution in [3.05, 3.63) is 34.3 Å². The van der Waals surface area contributed by atoms with Gasteiger partial charge in [-0.1, -0.05) is 28.1 Å². The maximum atomic E-state index is 12.2. The summed E-state index contributed by atoms with van der Waals surface area (Å²) >= 11 is 3.29. The lowest BCUT2D eigenvalue weighted by Crippen LogP contribution is -2.39. The molecule has 1 rings (SSSR count). The Balaban J connectivity index is 2.70. The molecule has 0 aliphatic heterocycles. The number of hydrogen-bond acceptors (Lipinski definition) is 4. The number of rotatable bonds is 7. The quantitative estimate of drug-likeness (QED) is 0.745. The fourth-order valence-electron chi connectivity index (χ4n) is 1.57. The zero-order chi connectivity index (χ0) is 15.2. The van der Waals surface area contributed by atoms with E-state index in [1.807, 2.05) is 6.07 Å². The first-order chi connectivity index (χ1) is 9.36. The first kappa shape index (κ1) is 17.1. The summed E-state index contributed by atoms with van der Waals surface area (Å²) in [4.78, 5) is 11.8. The molecule has 7 heteroatoms. The number of hydrogen-bond donors (Lipinski definition) is 1. The van der Waals surface area contributed by atoms with Gasteiger partial charge in [-0.3, -0.25) is 4.79 Å². The molecule has 1 aromatic carbocycles. The van der Waals surface area contributed by atoms with Crippen LogP contribution in [0.5, 0.6) is 0 Å². The molecule has 0 aromatic heterocycles. The van der Waals surface area contributed by atoms with E-state index < -0.39 is 21.0 Å². The molecule has 0 heterocycles. The number of amides is 1. The van der Waals surface area contributed by atoms with E-state index in [1.165, 1.54) is 14.0 Å². The van der Waals surface area contributed by atoms with Crippen LogP contribution in [0, 0.1) is 0 Å². The van der Waals surface area contributed by atoms with Crippen LogP contribution >= 0.6 is 15.9 Å². The van der Waals surface area contributed by atoms with E-state index in [2.05, 4.69) is 21.2 Å². The Kier molecular flexibility index (Phi) is 6.64. The first-order valence-electron chi connectivity index (χ1n) is 6.09. The van der Waals surface area contributed by atoms with Crippen molar-refractivity contribution in [1.29, 1.82) is 0 Å². The van der Waals surface area contributed by atoms with Crippen molar-refractivity contribution in [2.45, 2.75) is 17.9 Å². The molecule has 1 N–H and O–H groups in total. The average Bonchev–Trinajstić information content (AvgIpc) is 2.37. The van der Waals surface area contributed by atoms with Gasteiger partial charge >= 0.3 is 0 Å². The summed E-state index contributed by atoms with van der Waals surface area (Å²) in [6.45, 7) is 2.05. The number of sulfone groups is 1. The minimum Gasteiger partial charge on any atom is -0.383 e. The molecule has 0 radical (unpaired) electrons. The zero-order valence-electron chi connectivity index (χ0n) is 11.4. The van der Waals surface area contributed by atoms with Gasteiger partial charge in [0.1, 0.15) is 5.25 Å². The highest BCUT2D eigenvalue weighted by molar-refractivity contribution is 9.10. The van der Waals surface area contributed by atoms with E-state index >= 15 is 0 Å². The molecule has 1 amide bonds. The monoisotopic (exact) mass is 363 g/mol. The van der Waals surface area contributed by atoms with Gasteiger partial charge in [0.2, 0.25) is 5.91 Å². The molecule has 20 heavy (non-hydrogen) atoms. The summed E-state index contributed by atoms with van der Waals surface area (Å²) in [7, 11) is -2.03. The summed E-state index contributed by atoms with van der Waals surface area (Å²) in [5.41, 5.74) is 0.649. The Labute approximate surface area is 127 Å². The van der Waals surface area contributed by atoms with Crippen molar-refractivity contribution in [2.24, 2.45) is 0 Å². The largest absolute Gasteiger partial charge is 0.383 e. The van der Waals surface area contributed by atoms with Gasteiger partial charge in [-0.05, 0) is 24.6 Å². The lowest BCUT2D eigenvalue weighted by atomic mass is 10.2. The molecule has 0 aliphatic carbocycles. The first-order valence-corrected chi connectivity index (χ1v) is 8.60. The molecule has 0 fully saturated rings. The third-order valence-electron chi connectivity index (χ3n) is 2.77. The van der Waals surface area contributed by atoms with Crippen LogP contribution in [0.2, 0.25) is 0 Å². The van der Waals surface area contributed by atoms with Crippen molar-refractivity contribution in [3.8, 4) is 0 Å². The molecule has 0 bridgehead atoms. The summed E-state index contributed by atoms with van der Waals surface area (Å²) in [6.07, 6.45) is 0.